The zero-order chi connectivity index (χ0) is 26.8. The molecule has 5 aromatic rings. The highest BCUT2D eigenvalue weighted by Gasteiger charge is 2.24. The lowest BCUT2D eigenvalue weighted by molar-refractivity contribution is 0.0629. The lowest BCUT2D eigenvalue weighted by Crippen LogP contribution is -2.48. The van der Waals surface area contributed by atoms with Crippen LogP contribution in [0.15, 0.2) is 85.5 Å². The average molecular weight is 519 g/mol. The van der Waals surface area contributed by atoms with Crippen LogP contribution in [-0.4, -0.2) is 63.9 Å². The molecule has 1 aliphatic rings. The van der Waals surface area contributed by atoms with Crippen LogP contribution < -0.4 is 10.5 Å². The van der Waals surface area contributed by atoms with E-state index in [0.717, 1.165) is 58.7 Å². The number of anilines is 1. The van der Waals surface area contributed by atoms with Crippen molar-refractivity contribution in [3.63, 3.8) is 0 Å². The van der Waals surface area contributed by atoms with Crippen molar-refractivity contribution >= 4 is 22.6 Å². The van der Waals surface area contributed by atoms with Crippen molar-refractivity contribution in [2.75, 3.05) is 39.0 Å². The largest absolute Gasteiger partial charge is 0.496 e. The van der Waals surface area contributed by atoms with Gasteiger partial charge in [-0.1, -0.05) is 24.3 Å². The molecule has 196 valence electrons. The molecular formula is C31H30N6O2. The van der Waals surface area contributed by atoms with Crippen LogP contribution in [-0.2, 0) is 6.54 Å². The van der Waals surface area contributed by atoms with Crippen molar-refractivity contribution in [1.82, 2.24) is 24.8 Å². The molecule has 0 spiro atoms. The third-order valence-electron chi connectivity index (χ3n) is 7.36. The number of carbonyl (C=O) groups excluding carboxylic acids is 1. The number of aromatic nitrogens is 3. The molecule has 8 heteroatoms. The fourth-order valence-corrected chi connectivity index (χ4v) is 5.20. The lowest BCUT2D eigenvalue weighted by Gasteiger charge is -2.35. The number of pyridine rings is 2. The second-order valence-electron chi connectivity index (χ2n) is 9.75. The molecule has 0 unspecified atom stereocenters. The molecule has 4 heterocycles. The highest BCUT2D eigenvalue weighted by molar-refractivity contribution is 6.01. The van der Waals surface area contributed by atoms with Crippen LogP contribution in [0, 0.1) is 0 Å². The van der Waals surface area contributed by atoms with E-state index in [4.69, 9.17) is 10.5 Å². The fraction of sp³-hybridized carbons (Fsp3) is 0.194. The minimum Gasteiger partial charge on any atom is -0.496 e. The van der Waals surface area contributed by atoms with Crippen LogP contribution >= 0.6 is 0 Å². The Hall–Kier alpha value is -4.69. The molecule has 0 saturated carbocycles. The Bertz CT molecular complexity index is 1620. The van der Waals surface area contributed by atoms with E-state index < -0.39 is 0 Å². The maximum Gasteiger partial charge on any atom is 0.256 e. The number of amides is 1. The van der Waals surface area contributed by atoms with Crippen LogP contribution in [0.1, 0.15) is 15.9 Å². The SMILES string of the molecule is COc1ccccc1-c1c[nH]c2ncc(-c3ccc(N)c(C(=O)N4CCN(Cc5ccncc5)CC4)c3)cc12. The predicted molar refractivity (Wildman–Crippen MR) is 153 cm³/mol. The Balaban J connectivity index is 1.24. The van der Waals surface area contributed by atoms with Gasteiger partial charge in [-0.3, -0.25) is 14.7 Å². The number of aromatic amines is 1. The Labute approximate surface area is 227 Å². The van der Waals surface area contributed by atoms with Gasteiger partial charge < -0.3 is 20.4 Å². The first kappa shape index (κ1) is 24.6. The molecular weight excluding hydrogens is 488 g/mol. The zero-order valence-electron chi connectivity index (χ0n) is 21.8. The molecule has 2 aromatic carbocycles. The summed E-state index contributed by atoms with van der Waals surface area (Å²) in [6, 6.07) is 19.7. The summed E-state index contributed by atoms with van der Waals surface area (Å²) in [5, 5.41) is 0.979. The van der Waals surface area contributed by atoms with Gasteiger partial charge in [0.05, 0.1) is 12.7 Å². The van der Waals surface area contributed by atoms with Crippen molar-refractivity contribution in [2.45, 2.75) is 6.54 Å². The summed E-state index contributed by atoms with van der Waals surface area (Å²) in [5.41, 5.74) is 13.1. The molecule has 39 heavy (non-hydrogen) atoms. The summed E-state index contributed by atoms with van der Waals surface area (Å²) >= 11 is 0. The molecule has 0 bridgehead atoms. The molecule has 0 atom stereocenters. The van der Waals surface area contributed by atoms with Gasteiger partial charge in [-0.25, -0.2) is 4.98 Å². The Morgan fingerprint density at radius 2 is 1.77 bits per heavy atom. The minimum atomic E-state index is -0.0386. The summed E-state index contributed by atoms with van der Waals surface area (Å²) in [5.74, 6) is 0.758. The number of fused-ring (bicyclic) bond motifs is 1. The van der Waals surface area contributed by atoms with Gasteiger partial charge in [0.15, 0.2) is 0 Å². The maximum atomic E-state index is 13.5. The number of rotatable bonds is 6. The average Bonchev–Trinajstić information content (AvgIpc) is 3.41. The van der Waals surface area contributed by atoms with Gasteiger partial charge in [0.25, 0.3) is 5.91 Å². The summed E-state index contributed by atoms with van der Waals surface area (Å²) < 4.78 is 5.59. The number of benzene rings is 2. The maximum absolute atomic E-state index is 13.5. The van der Waals surface area contributed by atoms with Gasteiger partial charge in [-0.15, -0.1) is 0 Å². The number of ether oxygens (including phenoxy) is 1. The van der Waals surface area contributed by atoms with E-state index in [9.17, 15) is 4.79 Å². The van der Waals surface area contributed by atoms with E-state index in [0.29, 0.717) is 24.3 Å². The number of hydrogen-bond acceptors (Lipinski definition) is 6. The smallest absolute Gasteiger partial charge is 0.256 e. The zero-order valence-corrected chi connectivity index (χ0v) is 21.8. The quantitative estimate of drug-likeness (QED) is 0.312. The van der Waals surface area contributed by atoms with Crippen molar-refractivity contribution in [2.24, 2.45) is 0 Å². The first-order chi connectivity index (χ1) is 19.1. The lowest BCUT2D eigenvalue weighted by atomic mass is 9.99. The van der Waals surface area contributed by atoms with Crippen LogP contribution in [0.3, 0.4) is 0 Å². The molecule has 6 rings (SSSR count). The third-order valence-corrected chi connectivity index (χ3v) is 7.36. The first-order valence-electron chi connectivity index (χ1n) is 13.0. The van der Waals surface area contributed by atoms with Gasteiger partial charge in [0, 0.05) is 85.3 Å². The molecule has 3 aromatic heterocycles. The van der Waals surface area contributed by atoms with E-state index in [2.05, 4.69) is 25.9 Å². The molecule has 3 N–H and O–H groups in total. The predicted octanol–water partition coefficient (Wildman–Crippen LogP) is 4.84. The number of nitrogen functional groups attached to an aromatic ring is 1. The second kappa shape index (κ2) is 10.6. The summed E-state index contributed by atoms with van der Waals surface area (Å²) in [4.78, 5) is 29.8. The van der Waals surface area contributed by atoms with Crippen LogP contribution in [0.4, 0.5) is 5.69 Å². The molecule has 0 radical (unpaired) electrons. The van der Waals surface area contributed by atoms with Crippen molar-refractivity contribution in [1.29, 1.82) is 0 Å². The number of piperazine rings is 1. The van der Waals surface area contributed by atoms with Gasteiger partial charge >= 0.3 is 0 Å². The highest BCUT2D eigenvalue weighted by Crippen LogP contribution is 2.36. The molecule has 0 aliphatic carbocycles. The van der Waals surface area contributed by atoms with Crippen molar-refractivity contribution in [3.8, 4) is 28.0 Å². The van der Waals surface area contributed by atoms with E-state index in [1.54, 1.807) is 7.11 Å². The number of methoxy groups -OCH3 is 1. The summed E-state index contributed by atoms with van der Waals surface area (Å²) in [6.07, 6.45) is 7.40. The first-order valence-corrected chi connectivity index (χ1v) is 13.0. The van der Waals surface area contributed by atoms with Crippen LogP contribution in [0.2, 0.25) is 0 Å². The number of nitrogens with one attached hydrogen (secondary N) is 1. The highest BCUT2D eigenvalue weighted by atomic mass is 16.5. The minimum absolute atomic E-state index is 0.0386. The van der Waals surface area contributed by atoms with Gasteiger partial charge in [-0.2, -0.15) is 0 Å². The van der Waals surface area contributed by atoms with E-state index in [1.165, 1.54) is 5.56 Å². The van der Waals surface area contributed by atoms with Gasteiger partial charge in [0.1, 0.15) is 11.4 Å². The Kier molecular flexibility index (Phi) is 6.69. The van der Waals surface area contributed by atoms with Crippen molar-refractivity contribution < 1.29 is 9.53 Å². The monoisotopic (exact) mass is 518 g/mol. The number of carbonyl (C=O) groups is 1. The third kappa shape index (κ3) is 4.94. The standard InChI is InChI=1S/C31H30N6O2/c1-39-29-5-3-2-4-24(29)27-19-35-30-25(27)17-23(18-34-30)22-6-7-28(32)26(16-22)31(38)37-14-12-36(13-15-37)20-21-8-10-33-11-9-21/h2-11,16-19H,12-15,20,32H2,1H3,(H,34,35). The molecule has 1 amide bonds. The normalized spacial score (nSPS) is 14.0. The van der Waals surface area contributed by atoms with Gasteiger partial charge in [0.2, 0.25) is 0 Å². The summed E-state index contributed by atoms with van der Waals surface area (Å²) in [6.45, 7) is 3.80. The van der Waals surface area contributed by atoms with Crippen LogP contribution in [0.25, 0.3) is 33.3 Å². The Morgan fingerprint density at radius 3 is 2.56 bits per heavy atom. The fourth-order valence-electron chi connectivity index (χ4n) is 5.20. The number of hydrogen-bond donors (Lipinski definition) is 2. The van der Waals surface area contributed by atoms with Gasteiger partial charge in [-0.05, 0) is 47.5 Å². The summed E-state index contributed by atoms with van der Waals surface area (Å²) in [7, 11) is 1.67. The molecule has 8 nitrogen and oxygen atoms in total. The van der Waals surface area contributed by atoms with E-state index >= 15 is 0 Å². The Morgan fingerprint density at radius 1 is 0.974 bits per heavy atom. The number of nitrogens with zero attached hydrogens (tertiary/aromatic N) is 4. The van der Waals surface area contributed by atoms with Crippen LogP contribution in [0.5, 0.6) is 5.75 Å². The molecule has 1 saturated heterocycles. The molecule has 1 fully saturated rings. The topological polar surface area (TPSA) is 100 Å². The van der Waals surface area contributed by atoms with E-state index in [1.807, 2.05) is 84.3 Å². The second-order valence-corrected chi connectivity index (χ2v) is 9.75. The number of para-hydroxylation sites is 1. The number of H-pyrrole nitrogens is 1. The van der Waals surface area contributed by atoms with Crippen molar-refractivity contribution in [3.05, 3.63) is 96.6 Å². The number of nitrogens with two attached hydrogens (primary N) is 1. The molecule has 1 aliphatic heterocycles. The van der Waals surface area contributed by atoms with E-state index in [-0.39, 0.29) is 5.91 Å².